The standard InChI is InChI=1S/C25H22N4O6/c1-3-25(32)16-5-18-22-14(9-29(18)23(30)15(16)10-33-24(25)31)21(12-7-26-28(2)8-12)13-4-19-20(35-11-34-19)6-17(13)27-22/h4-8,24,31-32H,3,9-11H2,1-2H3/t24?,25-/m0/s1. The molecule has 0 amide bonds. The van der Waals surface area contributed by atoms with Crippen molar-refractivity contribution >= 4 is 10.9 Å². The van der Waals surface area contributed by atoms with Crippen LogP contribution in [-0.4, -0.2) is 42.6 Å². The molecule has 0 saturated heterocycles. The van der Waals surface area contributed by atoms with Gasteiger partial charge in [-0.05, 0) is 18.6 Å². The molecule has 2 atom stereocenters. The number of rotatable bonds is 2. The lowest BCUT2D eigenvalue weighted by molar-refractivity contribution is -0.236. The van der Waals surface area contributed by atoms with Crippen LogP contribution in [0.2, 0.25) is 0 Å². The number of ether oxygens (including phenoxy) is 3. The van der Waals surface area contributed by atoms with Crippen LogP contribution >= 0.6 is 0 Å². The molecule has 0 aliphatic carbocycles. The Morgan fingerprint density at radius 2 is 2.00 bits per heavy atom. The molecule has 10 nitrogen and oxygen atoms in total. The molecule has 1 aromatic carbocycles. The molecule has 10 heteroatoms. The average Bonchev–Trinajstić information content (AvgIpc) is 3.57. The number of aromatic nitrogens is 4. The summed E-state index contributed by atoms with van der Waals surface area (Å²) in [7, 11) is 1.85. The molecule has 0 radical (unpaired) electrons. The molecule has 0 fully saturated rings. The van der Waals surface area contributed by atoms with Crippen molar-refractivity contribution in [2.45, 2.75) is 38.4 Å². The minimum atomic E-state index is -1.68. The fourth-order valence-electron chi connectivity index (χ4n) is 5.46. The molecule has 2 N–H and O–H groups in total. The van der Waals surface area contributed by atoms with E-state index in [1.165, 1.54) is 0 Å². The summed E-state index contributed by atoms with van der Waals surface area (Å²) in [6, 6.07) is 5.54. The maximum atomic E-state index is 13.6. The topological polar surface area (TPSA) is 121 Å². The normalized spacial score (nSPS) is 21.8. The van der Waals surface area contributed by atoms with Crippen molar-refractivity contribution in [1.29, 1.82) is 0 Å². The lowest BCUT2D eigenvalue weighted by atomic mass is 9.85. The fraction of sp³-hybridized carbons (Fsp3) is 0.320. The lowest BCUT2D eigenvalue weighted by Gasteiger charge is -2.37. The van der Waals surface area contributed by atoms with Crippen LogP contribution in [0.25, 0.3) is 33.4 Å². The van der Waals surface area contributed by atoms with Gasteiger partial charge in [0.25, 0.3) is 5.56 Å². The first-order valence-corrected chi connectivity index (χ1v) is 11.4. The van der Waals surface area contributed by atoms with Crippen molar-refractivity contribution in [3.8, 4) is 34.0 Å². The third-order valence-corrected chi connectivity index (χ3v) is 7.33. The molecule has 7 rings (SSSR count). The molecule has 178 valence electrons. The number of hydrogen-bond donors (Lipinski definition) is 2. The molecular formula is C25H22N4O6. The van der Waals surface area contributed by atoms with Crippen molar-refractivity contribution in [3.63, 3.8) is 0 Å². The first-order valence-electron chi connectivity index (χ1n) is 11.4. The first kappa shape index (κ1) is 20.6. The highest BCUT2D eigenvalue weighted by atomic mass is 16.7. The van der Waals surface area contributed by atoms with Crippen LogP contribution in [0.1, 0.15) is 30.0 Å². The Morgan fingerprint density at radius 1 is 1.20 bits per heavy atom. The van der Waals surface area contributed by atoms with Crippen molar-refractivity contribution < 1.29 is 24.4 Å². The third kappa shape index (κ3) is 2.67. The summed E-state index contributed by atoms with van der Waals surface area (Å²) >= 11 is 0. The molecule has 3 aliphatic heterocycles. The minimum Gasteiger partial charge on any atom is -0.454 e. The molecule has 4 aromatic rings. The molecule has 0 saturated carbocycles. The Bertz CT molecular complexity index is 1620. The highest BCUT2D eigenvalue weighted by Gasteiger charge is 2.44. The largest absolute Gasteiger partial charge is 0.454 e. The number of fused-ring (bicyclic) bond motifs is 6. The zero-order valence-corrected chi connectivity index (χ0v) is 19.1. The van der Waals surface area contributed by atoms with Crippen LogP contribution in [-0.2, 0) is 30.5 Å². The van der Waals surface area contributed by atoms with Crippen LogP contribution in [0.4, 0.5) is 0 Å². The maximum absolute atomic E-state index is 13.6. The van der Waals surface area contributed by atoms with Gasteiger partial charge in [0.15, 0.2) is 17.8 Å². The number of benzene rings is 1. The van der Waals surface area contributed by atoms with Crippen molar-refractivity contribution in [2.24, 2.45) is 7.05 Å². The predicted molar refractivity (Wildman–Crippen MR) is 124 cm³/mol. The predicted octanol–water partition coefficient (Wildman–Crippen LogP) is 2.00. The summed E-state index contributed by atoms with van der Waals surface area (Å²) in [5.74, 6) is 1.26. The molecule has 35 heavy (non-hydrogen) atoms. The van der Waals surface area contributed by atoms with Gasteiger partial charge in [-0.25, -0.2) is 4.98 Å². The van der Waals surface area contributed by atoms with Crippen molar-refractivity contribution in [2.75, 3.05) is 6.79 Å². The van der Waals surface area contributed by atoms with Gasteiger partial charge >= 0.3 is 0 Å². The first-order chi connectivity index (χ1) is 16.9. The number of aliphatic hydroxyl groups excluding tert-OH is 1. The van der Waals surface area contributed by atoms with Gasteiger partial charge in [0, 0.05) is 52.5 Å². The molecule has 3 aromatic heterocycles. The second-order valence-corrected chi connectivity index (χ2v) is 9.19. The van der Waals surface area contributed by atoms with Gasteiger partial charge in [0.05, 0.1) is 36.3 Å². The van der Waals surface area contributed by atoms with E-state index in [4.69, 9.17) is 19.2 Å². The van der Waals surface area contributed by atoms with E-state index in [1.54, 1.807) is 28.4 Å². The summed E-state index contributed by atoms with van der Waals surface area (Å²) < 4.78 is 20.0. The molecular weight excluding hydrogens is 452 g/mol. The summed E-state index contributed by atoms with van der Waals surface area (Å²) in [6.45, 7) is 2.14. The molecule has 0 bridgehead atoms. The Balaban J connectivity index is 1.55. The quantitative estimate of drug-likeness (QED) is 0.399. The van der Waals surface area contributed by atoms with E-state index in [0.717, 1.165) is 22.1 Å². The van der Waals surface area contributed by atoms with Crippen LogP contribution in [0, 0.1) is 0 Å². The summed E-state index contributed by atoms with van der Waals surface area (Å²) in [6.07, 6.45) is 2.48. The second-order valence-electron chi connectivity index (χ2n) is 9.19. The van der Waals surface area contributed by atoms with Crippen molar-refractivity contribution in [3.05, 3.63) is 57.6 Å². The summed E-state index contributed by atoms with van der Waals surface area (Å²) in [5, 5.41) is 26.9. The number of aryl methyl sites for hydroxylation is 1. The molecule has 0 spiro atoms. The van der Waals surface area contributed by atoms with E-state index in [1.807, 2.05) is 25.4 Å². The van der Waals surface area contributed by atoms with Gasteiger partial charge in [-0.15, -0.1) is 0 Å². The average molecular weight is 474 g/mol. The molecule has 6 heterocycles. The highest BCUT2D eigenvalue weighted by molar-refractivity contribution is 6.01. The van der Waals surface area contributed by atoms with Gasteiger partial charge in [0.2, 0.25) is 6.79 Å². The fourth-order valence-corrected chi connectivity index (χ4v) is 5.46. The van der Waals surface area contributed by atoms with Crippen molar-refractivity contribution in [1.82, 2.24) is 19.3 Å². The smallest absolute Gasteiger partial charge is 0.257 e. The van der Waals surface area contributed by atoms with Gasteiger partial charge in [-0.2, -0.15) is 5.10 Å². The van der Waals surface area contributed by atoms with E-state index in [-0.39, 0.29) is 25.4 Å². The van der Waals surface area contributed by atoms with Gasteiger partial charge in [-0.1, -0.05) is 6.92 Å². The zero-order valence-electron chi connectivity index (χ0n) is 19.1. The van der Waals surface area contributed by atoms with Crippen LogP contribution in [0.15, 0.2) is 35.4 Å². The SMILES string of the molecule is CC[C@]1(O)c2cc3n(c(=O)c2COC1O)Cc1c-3nc2cc3c(cc2c1-c1cnn(C)c1)OCO3. The number of aliphatic hydroxyl groups is 2. The van der Waals surface area contributed by atoms with E-state index < -0.39 is 11.9 Å². The zero-order chi connectivity index (χ0) is 24.1. The lowest BCUT2D eigenvalue weighted by Crippen LogP contribution is -2.47. The van der Waals surface area contributed by atoms with E-state index in [0.29, 0.717) is 46.1 Å². The number of nitrogens with zero attached hydrogens (tertiary/aromatic N) is 4. The van der Waals surface area contributed by atoms with Crippen LogP contribution < -0.4 is 15.0 Å². The number of hydrogen-bond acceptors (Lipinski definition) is 8. The van der Waals surface area contributed by atoms with Gasteiger partial charge in [0.1, 0.15) is 5.60 Å². The van der Waals surface area contributed by atoms with E-state index >= 15 is 0 Å². The van der Waals surface area contributed by atoms with Crippen LogP contribution in [0.3, 0.4) is 0 Å². The monoisotopic (exact) mass is 474 g/mol. The summed E-state index contributed by atoms with van der Waals surface area (Å²) in [5.41, 5.74) is 3.42. The third-order valence-electron chi connectivity index (χ3n) is 7.33. The Morgan fingerprint density at radius 3 is 2.74 bits per heavy atom. The van der Waals surface area contributed by atoms with E-state index in [9.17, 15) is 15.0 Å². The van der Waals surface area contributed by atoms with Crippen LogP contribution in [0.5, 0.6) is 11.5 Å². The number of pyridine rings is 2. The molecule has 3 aliphatic rings. The van der Waals surface area contributed by atoms with Gasteiger partial charge in [-0.3, -0.25) is 9.48 Å². The molecule has 1 unspecified atom stereocenters. The minimum absolute atomic E-state index is 0.0689. The van der Waals surface area contributed by atoms with E-state index in [2.05, 4.69) is 5.10 Å². The maximum Gasteiger partial charge on any atom is 0.257 e. The summed E-state index contributed by atoms with van der Waals surface area (Å²) in [4.78, 5) is 18.6. The highest BCUT2D eigenvalue weighted by Crippen LogP contribution is 2.46. The Kier molecular flexibility index (Phi) is 4.07. The Labute approximate surface area is 198 Å². The van der Waals surface area contributed by atoms with Gasteiger partial charge < -0.3 is 29.0 Å². The Hall–Kier alpha value is -3.73. The second kappa shape index (κ2) is 6.91.